The Labute approximate surface area is 60.5 Å². The predicted octanol–water partition coefficient (Wildman–Crippen LogP) is 0.908. The second-order valence-corrected chi connectivity index (χ2v) is 3.35. The topological polar surface area (TPSA) is 41.5 Å². The van der Waals surface area contributed by atoms with Gasteiger partial charge in [0.2, 0.25) is 5.91 Å². The van der Waals surface area contributed by atoms with Gasteiger partial charge in [-0.2, -0.15) is 5.10 Å². The number of carbonyl (C=O) groups excluding carboxylic acids is 1. The van der Waals surface area contributed by atoms with Crippen molar-refractivity contribution in [2.75, 3.05) is 0 Å². The van der Waals surface area contributed by atoms with Gasteiger partial charge in [0.05, 0.1) is 5.41 Å². The molecule has 0 saturated heterocycles. The van der Waals surface area contributed by atoms with Crippen LogP contribution in [0.4, 0.5) is 0 Å². The molecule has 3 nitrogen and oxygen atoms in total. The van der Waals surface area contributed by atoms with E-state index in [1.807, 2.05) is 20.8 Å². The van der Waals surface area contributed by atoms with E-state index in [1.165, 1.54) is 0 Å². The number of carbonyl (C=O) groups is 1. The van der Waals surface area contributed by atoms with Crippen LogP contribution in [0.2, 0.25) is 0 Å². The molecule has 3 heteroatoms. The number of hydrazone groups is 1. The molecule has 1 amide bonds. The molecule has 0 aromatic heterocycles. The highest BCUT2D eigenvalue weighted by molar-refractivity contribution is 5.94. The summed E-state index contributed by atoms with van der Waals surface area (Å²) in [6.07, 6.45) is 0.763. The summed E-state index contributed by atoms with van der Waals surface area (Å²) in [6.45, 7) is 5.75. The van der Waals surface area contributed by atoms with Crippen molar-refractivity contribution in [3.63, 3.8) is 0 Å². The van der Waals surface area contributed by atoms with Crippen molar-refractivity contribution in [2.45, 2.75) is 27.2 Å². The zero-order valence-electron chi connectivity index (χ0n) is 6.56. The number of nitrogens with zero attached hydrogens (tertiary/aromatic N) is 1. The van der Waals surface area contributed by atoms with Gasteiger partial charge in [0.15, 0.2) is 0 Å². The Balaban J connectivity index is 2.82. The third-order valence-electron chi connectivity index (χ3n) is 1.66. The largest absolute Gasteiger partial charge is 0.273 e. The summed E-state index contributed by atoms with van der Waals surface area (Å²) < 4.78 is 0. The van der Waals surface area contributed by atoms with Gasteiger partial charge < -0.3 is 0 Å². The fourth-order valence-electron chi connectivity index (χ4n) is 1.06. The van der Waals surface area contributed by atoms with Crippen LogP contribution in [-0.4, -0.2) is 11.6 Å². The monoisotopic (exact) mass is 140 g/mol. The maximum Gasteiger partial charge on any atom is 0.246 e. The zero-order chi connectivity index (χ0) is 7.78. The van der Waals surface area contributed by atoms with Gasteiger partial charge in [-0.25, -0.2) is 5.43 Å². The molecule has 1 aliphatic heterocycles. The van der Waals surface area contributed by atoms with Crippen molar-refractivity contribution in [1.29, 1.82) is 0 Å². The lowest BCUT2D eigenvalue weighted by Crippen LogP contribution is -2.39. The highest BCUT2D eigenvalue weighted by atomic mass is 16.2. The third-order valence-corrected chi connectivity index (χ3v) is 1.66. The van der Waals surface area contributed by atoms with Gasteiger partial charge in [0.1, 0.15) is 0 Å². The van der Waals surface area contributed by atoms with Crippen LogP contribution in [0.15, 0.2) is 5.10 Å². The first kappa shape index (κ1) is 7.25. The smallest absolute Gasteiger partial charge is 0.246 e. The van der Waals surface area contributed by atoms with E-state index in [0.717, 1.165) is 12.1 Å². The first-order chi connectivity index (χ1) is 4.52. The van der Waals surface area contributed by atoms with Crippen LogP contribution in [0.1, 0.15) is 27.2 Å². The second-order valence-electron chi connectivity index (χ2n) is 3.35. The molecule has 0 fully saturated rings. The van der Waals surface area contributed by atoms with Gasteiger partial charge in [0, 0.05) is 12.1 Å². The molecule has 1 heterocycles. The Morgan fingerprint density at radius 1 is 1.60 bits per heavy atom. The van der Waals surface area contributed by atoms with E-state index < -0.39 is 0 Å². The summed E-state index contributed by atoms with van der Waals surface area (Å²) in [5.74, 6) is 0.0121. The van der Waals surface area contributed by atoms with Crippen molar-refractivity contribution in [1.82, 2.24) is 5.43 Å². The highest BCUT2D eigenvalue weighted by Crippen LogP contribution is 2.23. The van der Waals surface area contributed by atoms with Gasteiger partial charge in [-0.3, -0.25) is 4.79 Å². The summed E-state index contributed by atoms with van der Waals surface area (Å²) in [4.78, 5) is 11.0. The maximum atomic E-state index is 11.0. The Morgan fingerprint density at radius 2 is 2.20 bits per heavy atom. The molecule has 10 heavy (non-hydrogen) atoms. The summed E-state index contributed by atoms with van der Waals surface area (Å²) >= 11 is 0. The minimum atomic E-state index is -0.272. The maximum absolute atomic E-state index is 11.0. The van der Waals surface area contributed by atoms with Crippen LogP contribution in [0.5, 0.6) is 0 Å². The van der Waals surface area contributed by atoms with Gasteiger partial charge in [-0.1, -0.05) is 13.8 Å². The van der Waals surface area contributed by atoms with E-state index in [2.05, 4.69) is 10.5 Å². The van der Waals surface area contributed by atoms with Crippen LogP contribution in [0, 0.1) is 5.41 Å². The Bertz CT molecular complexity index is 194. The van der Waals surface area contributed by atoms with E-state index >= 15 is 0 Å². The molecule has 0 saturated carbocycles. The van der Waals surface area contributed by atoms with Crippen molar-refractivity contribution in [3.05, 3.63) is 0 Å². The van der Waals surface area contributed by atoms with Gasteiger partial charge in [-0.05, 0) is 6.92 Å². The Kier molecular flexibility index (Phi) is 1.50. The lowest BCUT2D eigenvalue weighted by Gasteiger charge is -2.25. The molecule has 1 N–H and O–H groups in total. The van der Waals surface area contributed by atoms with Crippen LogP contribution >= 0.6 is 0 Å². The molecule has 0 spiro atoms. The van der Waals surface area contributed by atoms with Crippen molar-refractivity contribution >= 4 is 11.6 Å². The molecule has 0 aromatic rings. The quantitative estimate of drug-likeness (QED) is 0.533. The zero-order valence-corrected chi connectivity index (χ0v) is 6.56. The molecule has 0 aliphatic carbocycles. The fourth-order valence-corrected chi connectivity index (χ4v) is 1.06. The number of hydrogen-bond acceptors (Lipinski definition) is 2. The molecule has 1 aliphatic rings. The summed E-state index contributed by atoms with van der Waals surface area (Å²) in [7, 11) is 0. The van der Waals surface area contributed by atoms with E-state index in [1.54, 1.807) is 0 Å². The van der Waals surface area contributed by atoms with E-state index in [9.17, 15) is 4.79 Å². The SMILES string of the molecule is CC1=NNC(=O)C(C)(C)C1. The second kappa shape index (κ2) is 2.08. The minimum Gasteiger partial charge on any atom is -0.273 e. The van der Waals surface area contributed by atoms with Gasteiger partial charge in [-0.15, -0.1) is 0 Å². The number of hydrogen-bond donors (Lipinski definition) is 1. The standard InChI is InChI=1S/C7H12N2O/c1-5-4-7(2,3)6(10)9-8-5/h4H2,1-3H3,(H,9,10). The normalized spacial score (nSPS) is 23.5. The predicted molar refractivity (Wildman–Crippen MR) is 39.6 cm³/mol. The lowest BCUT2D eigenvalue weighted by atomic mass is 9.86. The van der Waals surface area contributed by atoms with Crippen LogP contribution in [-0.2, 0) is 4.79 Å². The fraction of sp³-hybridized carbons (Fsp3) is 0.714. The number of amides is 1. The molecule has 1 rings (SSSR count). The average Bonchev–Trinajstić information content (AvgIpc) is 1.78. The number of rotatable bonds is 0. The van der Waals surface area contributed by atoms with Crippen LogP contribution in [0.3, 0.4) is 0 Å². The van der Waals surface area contributed by atoms with Crippen LogP contribution < -0.4 is 5.43 Å². The van der Waals surface area contributed by atoms with Crippen LogP contribution in [0.25, 0.3) is 0 Å². The third kappa shape index (κ3) is 1.17. The summed E-state index contributed by atoms with van der Waals surface area (Å²) in [5, 5.41) is 3.82. The highest BCUT2D eigenvalue weighted by Gasteiger charge is 2.30. The minimum absolute atomic E-state index is 0.0121. The molecule has 0 bridgehead atoms. The lowest BCUT2D eigenvalue weighted by molar-refractivity contribution is -0.129. The van der Waals surface area contributed by atoms with Crippen molar-refractivity contribution < 1.29 is 4.79 Å². The Hall–Kier alpha value is -0.860. The molecule has 56 valence electrons. The first-order valence-corrected chi connectivity index (χ1v) is 3.36. The molecule has 0 radical (unpaired) electrons. The van der Waals surface area contributed by atoms with Gasteiger partial charge in [0.25, 0.3) is 0 Å². The Morgan fingerprint density at radius 3 is 2.60 bits per heavy atom. The molecule has 0 aromatic carbocycles. The molecular formula is C7H12N2O. The number of nitrogens with one attached hydrogen (secondary N) is 1. The van der Waals surface area contributed by atoms with E-state index in [0.29, 0.717) is 0 Å². The first-order valence-electron chi connectivity index (χ1n) is 3.36. The van der Waals surface area contributed by atoms with Gasteiger partial charge >= 0.3 is 0 Å². The molecule has 0 atom stereocenters. The van der Waals surface area contributed by atoms with E-state index in [-0.39, 0.29) is 11.3 Å². The van der Waals surface area contributed by atoms with E-state index in [4.69, 9.17) is 0 Å². The average molecular weight is 140 g/mol. The molecule has 0 unspecified atom stereocenters. The molecular weight excluding hydrogens is 128 g/mol. The van der Waals surface area contributed by atoms with Crippen molar-refractivity contribution in [3.8, 4) is 0 Å². The summed E-state index contributed by atoms with van der Waals surface area (Å²) in [6, 6.07) is 0. The summed E-state index contributed by atoms with van der Waals surface area (Å²) in [5.41, 5.74) is 3.19. The van der Waals surface area contributed by atoms with Crippen molar-refractivity contribution in [2.24, 2.45) is 10.5 Å².